The van der Waals surface area contributed by atoms with Gasteiger partial charge in [0.2, 0.25) is 0 Å². The second-order valence-electron chi connectivity index (χ2n) is 7.09. The zero-order valence-corrected chi connectivity index (χ0v) is 19.1. The molecule has 3 aromatic rings. The second kappa shape index (κ2) is 11.4. The first-order valence-electron chi connectivity index (χ1n) is 10.0. The van der Waals surface area contributed by atoms with E-state index in [2.05, 4.69) is 9.71 Å². The van der Waals surface area contributed by atoms with Gasteiger partial charge >= 0.3 is 5.97 Å². The molecule has 1 heterocycles. The number of hydrogen-bond donors (Lipinski definition) is 1. The number of esters is 1. The maximum Gasteiger partial charge on any atom is 0.307 e. The third-order valence-corrected chi connectivity index (χ3v) is 5.96. The number of methoxy groups -OCH3 is 2. The molecule has 0 saturated carbocycles. The Labute approximate surface area is 190 Å². The molecular formula is C24H26N2O5S. The average Bonchev–Trinajstić information content (AvgIpc) is 2.83. The van der Waals surface area contributed by atoms with Gasteiger partial charge in [-0.1, -0.05) is 29.8 Å². The smallest absolute Gasteiger partial charge is 0.307 e. The predicted molar refractivity (Wildman–Crippen MR) is 122 cm³/mol. The molecule has 0 saturated heterocycles. The van der Waals surface area contributed by atoms with Gasteiger partial charge in [-0.15, -0.1) is 0 Å². The fraction of sp³-hybridized carbons (Fsp3) is 0.250. The van der Waals surface area contributed by atoms with Gasteiger partial charge in [-0.05, 0) is 48.9 Å². The Kier molecular flexibility index (Phi) is 8.35. The lowest BCUT2D eigenvalue weighted by atomic mass is 10.1. The molecule has 32 heavy (non-hydrogen) atoms. The number of carbonyl (C=O) groups is 1. The van der Waals surface area contributed by atoms with Crippen LogP contribution in [0.4, 0.5) is 0 Å². The zero-order chi connectivity index (χ0) is 22.9. The molecule has 1 N–H and O–H groups in total. The van der Waals surface area contributed by atoms with Crippen LogP contribution < -0.4 is 14.2 Å². The third-order valence-electron chi connectivity index (χ3n) is 4.76. The van der Waals surface area contributed by atoms with Crippen LogP contribution in [-0.4, -0.2) is 29.4 Å². The first kappa shape index (κ1) is 23.4. The molecule has 0 aliphatic heterocycles. The van der Waals surface area contributed by atoms with Crippen LogP contribution in [0.1, 0.15) is 29.3 Å². The topological polar surface area (TPSA) is 86.8 Å². The Balaban J connectivity index is 1.68. The molecule has 7 nitrogen and oxygen atoms in total. The normalized spacial score (nSPS) is 12.6. The summed E-state index contributed by atoms with van der Waals surface area (Å²) >= 11 is 0. The fourth-order valence-corrected chi connectivity index (χ4v) is 3.87. The van der Waals surface area contributed by atoms with Gasteiger partial charge in [-0.25, -0.2) is 8.93 Å². The Morgan fingerprint density at radius 1 is 1.00 bits per heavy atom. The molecule has 1 unspecified atom stereocenters. The zero-order valence-electron chi connectivity index (χ0n) is 18.2. The van der Waals surface area contributed by atoms with Crippen molar-refractivity contribution in [3.8, 4) is 11.5 Å². The number of rotatable bonds is 10. The molecule has 3 rings (SSSR count). The molecule has 1 aromatic heterocycles. The maximum absolute atomic E-state index is 12.8. The molecule has 168 valence electrons. The largest absolute Gasteiger partial charge is 0.497 e. The van der Waals surface area contributed by atoms with E-state index in [-0.39, 0.29) is 6.42 Å². The number of hydrogen-bond acceptors (Lipinski definition) is 6. The van der Waals surface area contributed by atoms with Crippen LogP contribution in [0.15, 0.2) is 71.8 Å². The molecular weight excluding hydrogens is 428 g/mol. The van der Waals surface area contributed by atoms with Gasteiger partial charge < -0.3 is 14.2 Å². The number of aromatic nitrogens is 1. The minimum atomic E-state index is -1.52. The summed E-state index contributed by atoms with van der Waals surface area (Å²) in [6, 6.07) is 17.9. The molecule has 8 heteroatoms. The first-order chi connectivity index (χ1) is 15.5. The van der Waals surface area contributed by atoms with E-state index in [1.54, 1.807) is 37.6 Å². The molecule has 0 bridgehead atoms. The van der Waals surface area contributed by atoms with Crippen molar-refractivity contribution in [1.82, 2.24) is 9.71 Å². The highest BCUT2D eigenvalue weighted by atomic mass is 32.2. The SMILES string of the molecule is COC(=O)C[C@@H](NS(=O)c1ccc(C)cc1)c1ccc(OCc2ccc(OC)cc2)cn1. The van der Waals surface area contributed by atoms with E-state index < -0.39 is 23.0 Å². The highest BCUT2D eigenvalue weighted by molar-refractivity contribution is 7.83. The van der Waals surface area contributed by atoms with Crippen molar-refractivity contribution in [1.29, 1.82) is 0 Å². The quantitative estimate of drug-likeness (QED) is 0.468. The van der Waals surface area contributed by atoms with E-state index in [1.165, 1.54) is 7.11 Å². The lowest BCUT2D eigenvalue weighted by molar-refractivity contribution is -0.141. The lowest BCUT2D eigenvalue weighted by Crippen LogP contribution is -2.27. The summed E-state index contributed by atoms with van der Waals surface area (Å²) in [6.45, 7) is 2.34. The van der Waals surface area contributed by atoms with E-state index in [4.69, 9.17) is 14.2 Å². The summed E-state index contributed by atoms with van der Waals surface area (Å²) in [4.78, 5) is 16.9. The Morgan fingerprint density at radius 3 is 2.28 bits per heavy atom. The van der Waals surface area contributed by atoms with Crippen LogP contribution in [0.25, 0.3) is 0 Å². The summed E-state index contributed by atoms with van der Waals surface area (Å²) in [5.41, 5.74) is 2.63. The van der Waals surface area contributed by atoms with E-state index in [1.807, 2.05) is 43.3 Å². The van der Waals surface area contributed by atoms with Crippen molar-refractivity contribution in [2.75, 3.05) is 14.2 Å². The van der Waals surface area contributed by atoms with Gasteiger partial charge in [0.1, 0.15) is 29.1 Å². The number of nitrogens with zero attached hydrogens (tertiary/aromatic N) is 1. The Hall–Kier alpha value is -3.23. The summed E-state index contributed by atoms with van der Waals surface area (Å²) in [6.07, 6.45) is 1.58. The summed E-state index contributed by atoms with van der Waals surface area (Å²) in [7, 11) is 1.43. The monoisotopic (exact) mass is 454 g/mol. The van der Waals surface area contributed by atoms with Gasteiger partial charge in [0.05, 0.1) is 43.5 Å². The first-order valence-corrected chi connectivity index (χ1v) is 11.2. The van der Waals surface area contributed by atoms with Gasteiger partial charge in [-0.2, -0.15) is 0 Å². The summed E-state index contributed by atoms with van der Waals surface area (Å²) < 4.78 is 31.5. The van der Waals surface area contributed by atoms with Crippen LogP contribution in [-0.2, 0) is 27.1 Å². The van der Waals surface area contributed by atoms with E-state index in [0.717, 1.165) is 16.9 Å². The highest BCUT2D eigenvalue weighted by Crippen LogP contribution is 2.21. The standard InChI is InChI=1S/C24H26N2O5S/c1-17-4-11-21(12-5-17)32(28)26-23(14-24(27)30-3)22-13-10-20(15-25-22)31-16-18-6-8-19(29-2)9-7-18/h4-13,15,23,26H,14,16H2,1-3H3/t23-,32?/m1/s1. The molecule has 2 aromatic carbocycles. The Morgan fingerprint density at radius 2 is 1.69 bits per heavy atom. The van der Waals surface area contributed by atoms with Crippen molar-refractivity contribution in [3.63, 3.8) is 0 Å². The molecule has 0 radical (unpaired) electrons. The molecule has 0 aliphatic rings. The highest BCUT2D eigenvalue weighted by Gasteiger charge is 2.21. The van der Waals surface area contributed by atoms with Crippen LogP contribution in [0, 0.1) is 6.92 Å². The van der Waals surface area contributed by atoms with Gasteiger partial charge in [0.15, 0.2) is 0 Å². The van der Waals surface area contributed by atoms with Gasteiger partial charge in [-0.3, -0.25) is 9.78 Å². The second-order valence-corrected chi connectivity index (χ2v) is 8.33. The number of ether oxygens (including phenoxy) is 3. The minimum Gasteiger partial charge on any atom is -0.497 e. The minimum absolute atomic E-state index is 0.00679. The molecule has 0 aliphatic carbocycles. The maximum atomic E-state index is 12.8. The van der Waals surface area contributed by atoms with Gasteiger partial charge in [0.25, 0.3) is 0 Å². The van der Waals surface area contributed by atoms with Crippen molar-refractivity contribution in [3.05, 3.63) is 83.7 Å². The molecule has 0 amide bonds. The van der Waals surface area contributed by atoms with Crippen molar-refractivity contribution in [2.45, 2.75) is 30.9 Å². The Bertz CT molecular complexity index is 1040. The summed E-state index contributed by atoms with van der Waals surface area (Å²) in [5.74, 6) is 0.943. The molecule has 0 fully saturated rings. The predicted octanol–water partition coefficient (Wildman–Crippen LogP) is 3.89. The number of nitrogens with one attached hydrogen (secondary N) is 1. The number of benzene rings is 2. The number of aryl methyl sites for hydroxylation is 1. The molecule has 2 atom stereocenters. The van der Waals surface area contributed by atoms with Crippen LogP contribution in [0.2, 0.25) is 0 Å². The van der Waals surface area contributed by atoms with Crippen LogP contribution in [0.5, 0.6) is 11.5 Å². The van der Waals surface area contributed by atoms with Gasteiger partial charge in [0, 0.05) is 0 Å². The van der Waals surface area contributed by atoms with E-state index in [9.17, 15) is 9.00 Å². The van der Waals surface area contributed by atoms with Crippen molar-refractivity contribution < 1.29 is 23.2 Å². The number of pyridine rings is 1. The lowest BCUT2D eigenvalue weighted by Gasteiger charge is -2.17. The van der Waals surface area contributed by atoms with Crippen molar-refractivity contribution in [2.24, 2.45) is 0 Å². The van der Waals surface area contributed by atoms with Crippen LogP contribution >= 0.6 is 0 Å². The van der Waals surface area contributed by atoms with Crippen molar-refractivity contribution >= 4 is 17.0 Å². The van der Waals surface area contributed by atoms with E-state index >= 15 is 0 Å². The van der Waals surface area contributed by atoms with Crippen LogP contribution in [0.3, 0.4) is 0 Å². The van der Waals surface area contributed by atoms with E-state index in [0.29, 0.717) is 22.9 Å². The fourth-order valence-electron chi connectivity index (χ4n) is 2.89. The average molecular weight is 455 g/mol. The number of carbonyl (C=O) groups excluding carboxylic acids is 1. The molecule has 0 spiro atoms. The summed E-state index contributed by atoms with van der Waals surface area (Å²) in [5, 5.41) is 0. The third kappa shape index (κ3) is 6.63.